The number of rotatable bonds is 35. The summed E-state index contributed by atoms with van der Waals surface area (Å²) >= 11 is 1.41. The monoisotopic (exact) mass is 828 g/mol. The summed E-state index contributed by atoms with van der Waals surface area (Å²) < 4.78 is 11.1. The second-order valence-corrected chi connectivity index (χ2v) is 17.5. The number of hydrogen-bond donors (Lipinski definition) is 1. The molecule has 0 fully saturated rings. The number of nitrogens with zero attached hydrogens (tertiary/aromatic N) is 2. The maximum Gasteiger partial charge on any atom is 0.341 e. The molecule has 58 heavy (non-hydrogen) atoms. The van der Waals surface area contributed by atoms with E-state index >= 15 is 0 Å². The van der Waals surface area contributed by atoms with E-state index in [1.165, 1.54) is 75.5 Å². The predicted molar refractivity (Wildman–Crippen MR) is 242 cm³/mol. The first-order valence-corrected chi connectivity index (χ1v) is 24.1. The van der Waals surface area contributed by atoms with Crippen molar-refractivity contribution in [1.82, 2.24) is 9.80 Å². The smallest absolute Gasteiger partial charge is 0.341 e. The number of allylic oxidation sites excluding steroid dienone is 4. The van der Waals surface area contributed by atoms with Gasteiger partial charge in [-0.25, -0.2) is 4.79 Å². The van der Waals surface area contributed by atoms with Crippen molar-refractivity contribution in [2.24, 2.45) is 0 Å². The highest BCUT2D eigenvalue weighted by molar-refractivity contribution is 7.17. The second kappa shape index (κ2) is 33.8. The van der Waals surface area contributed by atoms with E-state index in [9.17, 15) is 19.2 Å². The first kappa shape index (κ1) is 51.2. The first-order valence-electron chi connectivity index (χ1n) is 23.3. The van der Waals surface area contributed by atoms with Crippen LogP contribution < -0.4 is 5.32 Å². The van der Waals surface area contributed by atoms with Crippen LogP contribution in [0.4, 0.5) is 5.00 Å². The summed E-state index contributed by atoms with van der Waals surface area (Å²) in [5.41, 5.74) is 1.36. The molecule has 1 aromatic rings. The van der Waals surface area contributed by atoms with E-state index in [2.05, 4.69) is 48.4 Å². The summed E-state index contributed by atoms with van der Waals surface area (Å²) in [4.78, 5) is 56.8. The fourth-order valence-corrected chi connectivity index (χ4v) is 8.47. The van der Waals surface area contributed by atoms with Crippen LogP contribution in [-0.2, 0) is 36.8 Å². The molecule has 2 amide bonds. The van der Waals surface area contributed by atoms with Gasteiger partial charge in [0.05, 0.1) is 25.3 Å². The van der Waals surface area contributed by atoms with E-state index in [1.807, 2.05) is 19.0 Å². The number of anilines is 1. The molecule has 0 aliphatic carbocycles. The Labute approximate surface area is 357 Å². The third kappa shape index (κ3) is 24.2. The molecule has 2 rings (SSSR count). The molecular formula is C48H81N3O6S. The average Bonchev–Trinajstić information content (AvgIpc) is 3.57. The SMILES string of the molecule is CCCCC/C=C\C/C=C\CCCCCCCC(=O)Nc1sc2c(c1C(=O)OCCCN(C)C)CCN(C(=O)CCCCCCC(=O)OCCCCCCCCC)C2. The highest BCUT2D eigenvalue weighted by Crippen LogP contribution is 2.38. The van der Waals surface area contributed by atoms with Gasteiger partial charge in [-0.15, -0.1) is 11.3 Å². The number of ether oxygens (including phenoxy) is 2. The number of fused-ring (bicyclic) bond motifs is 1. The summed E-state index contributed by atoms with van der Waals surface area (Å²) in [6.07, 6.45) is 35.9. The van der Waals surface area contributed by atoms with Crippen molar-refractivity contribution >= 4 is 40.1 Å². The van der Waals surface area contributed by atoms with Crippen molar-refractivity contribution in [2.45, 2.75) is 194 Å². The summed E-state index contributed by atoms with van der Waals surface area (Å²) in [5, 5.41) is 3.60. The normalized spacial score (nSPS) is 12.8. The topological polar surface area (TPSA) is 105 Å². The molecule has 1 aliphatic rings. The van der Waals surface area contributed by atoms with Crippen molar-refractivity contribution in [3.05, 3.63) is 40.3 Å². The van der Waals surface area contributed by atoms with Crippen molar-refractivity contribution in [2.75, 3.05) is 45.7 Å². The van der Waals surface area contributed by atoms with Crippen LogP contribution in [0.1, 0.15) is 202 Å². The second-order valence-electron chi connectivity index (χ2n) is 16.4. The van der Waals surface area contributed by atoms with Gasteiger partial charge in [-0.2, -0.15) is 0 Å². The zero-order chi connectivity index (χ0) is 42.1. The van der Waals surface area contributed by atoms with Gasteiger partial charge in [-0.3, -0.25) is 14.4 Å². The Kier molecular flexibility index (Phi) is 29.8. The molecule has 1 aliphatic heterocycles. The number of carbonyl (C=O) groups excluding carboxylic acids is 4. The van der Waals surface area contributed by atoms with Crippen LogP contribution in [0.15, 0.2) is 24.3 Å². The van der Waals surface area contributed by atoms with Gasteiger partial charge >= 0.3 is 11.9 Å². The van der Waals surface area contributed by atoms with Crippen LogP contribution in [0.2, 0.25) is 0 Å². The zero-order valence-corrected chi connectivity index (χ0v) is 38.0. The van der Waals surface area contributed by atoms with Crippen molar-refractivity contribution in [3.8, 4) is 0 Å². The number of hydrogen-bond acceptors (Lipinski definition) is 8. The summed E-state index contributed by atoms with van der Waals surface area (Å²) in [5.74, 6) is -0.491. The molecule has 9 nitrogen and oxygen atoms in total. The lowest BCUT2D eigenvalue weighted by Gasteiger charge is -2.27. The molecule has 0 aromatic carbocycles. The fraction of sp³-hybridized carbons (Fsp3) is 0.750. The van der Waals surface area contributed by atoms with Gasteiger partial charge in [0.15, 0.2) is 0 Å². The molecule has 0 saturated heterocycles. The number of amides is 2. The number of thiophene rings is 1. The maximum absolute atomic E-state index is 13.4. The minimum absolute atomic E-state index is 0.0831. The van der Waals surface area contributed by atoms with E-state index in [-0.39, 0.29) is 17.8 Å². The molecule has 0 atom stereocenters. The Bertz CT molecular complexity index is 1340. The van der Waals surface area contributed by atoms with E-state index < -0.39 is 5.97 Å². The maximum atomic E-state index is 13.4. The van der Waals surface area contributed by atoms with Crippen LogP contribution in [0.25, 0.3) is 0 Å². The predicted octanol–water partition coefficient (Wildman–Crippen LogP) is 12.1. The molecule has 2 heterocycles. The van der Waals surface area contributed by atoms with Crippen molar-refractivity contribution in [3.63, 3.8) is 0 Å². The van der Waals surface area contributed by atoms with E-state index in [1.54, 1.807) is 0 Å². The number of unbranched alkanes of at least 4 members (excludes halogenated alkanes) is 17. The van der Waals surface area contributed by atoms with Crippen LogP contribution in [0, 0.1) is 0 Å². The van der Waals surface area contributed by atoms with Crippen molar-refractivity contribution < 1.29 is 28.7 Å². The molecule has 0 spiro atoms. The highest BCUT2D eigenvalue weighted by Gasteiger charge is 2.31. The number of carbonyl (C=O) groups is 4. The van der Waals surface area contributed by atoms with Crippen molar-refractivity contribution in [1.29, 1.82) is 0 Å². The molecule has 0 bridgehead atoms. The van der Waals surface area contributed by atoms with Gasteiger partial charge < -0.3 is 24.6 Å². The Balaban J connectivity index is 1.75. The molecule has 1 N–H and O–H groups in total. The average molecular weight is 828 g/mol. The number of nitrogens with one attached hydrogen (secondary N) is 1. The zero-order valence-electron chi connectivity index (χ0n) is 37.2. The molecular weight excluding hydrogens is 747 g/mol. The van der Waals surface area contributed by atoms with E-state index in [0.717, 1.165) is 100 Å². The molecule has 330 valence electrons. The summed E-state index contributed by atoms with van der Waals surface area (Å²) in [6.45, 7) is 7.08. The highest BCUT2D eigenvalue weighted by atomic mass is 32.1. The molecule has 0 saturated carbocycles. The van der Waals surface area contributed by atoms with Gasteiger partial charge in [-0.1, -0.05) is 122 Å². The standard InChI is InChI=1S/C48H81N3O6S/c1-5-7-9-11-13-14-15-16-17-18-19-20-21-23-27-32-43(52)49-47-46(48(55)57-39-31-36-50(3)4)41-35-37-51(40-42(41)58-47)44(53)33-28-24-25-29-34-45(54)56-38-30-26-22-12-10-8-6-2/h13-14,16-17H,5-12,15,18-40H2,1-4H3,(H,49,52)/b14-13-,17-16-. The summed E-state index contributed by atoms with van der Waals surface area (Å²) in [6, 6.07) is 0. The number of esters is 2. The van der Waals surface area contributed by atoms with Crippen LogP contribution >= 0.6 is 11.3 Å². The fourth-order valence-electron chi connectivity index (χ4n) is 7.20. The Hall–Kier alpha value is -2.98. The molecule has 10 heteroatoms. The lowest BCUT2D eigenvalue weighted by Crippen LogP contribution is -2.35. The van der Waals surface area contributed by atoms with Gasteiger partial charge in [0, 0.05) is 37.2 Å². The lowest BCUT2D eigenvalue weighted by atomic mass is 10.0. The largest absolute Gasteiger partial charge is 0.466 e. The van der Waals surface area contributed by atoms with Gasteiger partial charge in [0.1, 0.15) is 5.00 Å². The van der Waals surface area contributed by atoms with Gasteiger partial charge in [0.2, 0.25) is 11.8 Å². The quantitative estimate of drug-likeness (QED) is 0.0413. The molecule has 0 unspecified atom stereocenters. The molecule has 0 radical (unpaired) electrons. The van der Waals surface area contributed by atoms with Gasteiger partial charge in [0.25, 0.3) is 0 Å². The van der Waals surface area contributed by atoms with Crippen LogP contribution in [0.3, 0.4) is 0 Å². The van der Waals surface area contributed by atoms with E-state index in [4.69, 9.17) is 9.47 Å². The minimum Gasteiger partial charge on any atom is -0.466 e. The minimum atomic E-state index is -0.398. The third-order valence-corrected chi connectivity index (χ3v) is 11.9. The van der Waals surface area contributed by atoms with Gasteiger partial charge in [-0.05, 0) is 90.3 Å². The molecule has 1 aromatic heterocycles. The van der Waals surface area contributed by atoms with Crippen LogP contribution in [-0.4, -0.2) is 74.0 Å². The van der Waals surface area contributed by atoms with E-state index in [0.29, 0.717) is 62.6 Å². The first-order chi connectivity index (χ1) is 28.3. The van der Waals surface area contributed by atoms with Crippen LogP contribution in [0.5, 0.6) is 0 Å². The summed E-state index contributed by atoms with van der Waals surface area (Å²) in [7, 11) is 3.98. The Morgan fingerprint density at radius 3 is 1.93 bits per heavy atom. The lowest BCUT2D eigenvalue weighted by molar-refractivity contribution is -0.144. The Morgan fingerprint density at radius 2 is 1.24 bits per heavy atom. The third-order valence-electron chi connectivity index (χ3n) is 10.7. The Morgan fingerprint density at radius 1 is 0.672 bits per heavy atom.